The van der Waals surface area contributed by atoms with Crippen LogP contribution in [0.5, 0.6) is 0 Å². The van der Waals surface area contributed by atoms with Gasteiger partial charge in [0.25, 0.3) is 0 Å². The number of hydrogen-bond donors (Lipinski definition) is 0. The highest BCUT2D eigenvalue weighted by Gasteiger charge is 2.51. The Balaban J connectivity index is 1.88. The van der Waals surface area contributed by atoms with Crippen LogP contribution in [0.1, 0.15) is 71.1 Å². The zero-order valence-electron chi connectivity index (χ0n) is 19.5. The van der Waals surface area contributed by atoms with Gasteiger partial charge in [0, 0.05) is 25.2 Å². The third-order valence-electron chi connectivity index (χ3n) is 6.84. The molecule has 1 fully saturated rings. The third-order valence-corrected chi connectivity index (χ3v) is 6.84. The van der Waals surface area contributed by atoms with Gasteiger partial charge >= 0.3 is 5.97 Å². The number of esters is 1. The van der Waals surface area contributed by atoms with Crippen molar-refractivity contribution < 1.29 is 14.3 Å². The lowest BCUT2D eigenvalue weighted by Gasteiger charge is -2.40. The molecule has 1 aromatic carbocycles. The van der Waals surface area contributed by atoms with Gasteiger partial charge in [-0.05, 0) is 78.7 Å². The van der Waals surface area contributed by atoms with E-state index in [4.69, 9.17) is 4.74 Å². The van der Waals surface area contributed by atoms with Gasteiger partial charge in [0.1, 0.15) is 0 Å². The summed E-state index contributed by atoms with van der Waals surface area (Å²) >= 11 is 0. The van der Waals surface area contributed by atoms with Crippen molar-refractivity contribution in [3.8, 4) is 0 Å². The molecule has 1 aliphatic carbocycles. The summed E-state index contributed by atoms with van der Waals surface area (Å²) in [5, 5.41) is 0. The van der Waals surface area contributed by atoms with E-state index in [1.54, 1.807) is 6.92 Å². The average molecular weight is 410 g/mol. The van der Waals surface area contributed by atoms with E-state index in [1.807, 2.05) is 24.8 Å². The molecule has 4 nitrogen and oxygen atoms in total. The highest BCUT2D eigenvalue weighted by Crippen LogP contribution is 2.57. The highest BCUT2D eigenvalue weighted by atomic mass is 16.5. The molecule has 2 aliphatic rings. The maximum absolute atomic E-state index is 12.3. The summed E-state index contributed by atoms with van der Waals surface area (Å²) in [5.41, 5.74) is 6.00. The fraction of sp³-hybridized carbons (Fsp3) is 0.538. The van der Waals surface area contributed by atoms with Gasteiger partial charge in [-0.2, -0.15) is 0 Å². The van der Waals surface area contributed by atoms with Crippen molar-refractivity contribution in [3.63, 3.8) is 0 Å². The predicted molar refractivity (Wildman–Crippen MR) is 122 cm³/mol. The Bertz CT molecular complexity index is 924. The number of carbonyl (C=O) groups excluding carboxylic acids is 2. The van der Waals surface area contributed by atoms with Gasteiger partial charge in [-0.1, -0.05) is 39.0 Å². The van der Waals surface area contributed by atoms with Gasteiger partial charge in [-0.25, -0.2) is 4.79 Å². The first kappa shape index (κ1) is 22.3. The van der Waals surface area contributed by atoms with Crippen molar-refractivity contribution in [2.45, 2.75) is 72.1 Å². The van der Waals surface area contributed by atoms with Crippen molar-refractivity contribution in [2.24, 2.45) is 5.92 Å². The molecule has 1 unspecified atom stereocenters. The second-order valence-corrected chi connectivity index (χ2v) is 9.72. The highest BCUT2D eigenvalue weighted by molar-refractivity contribution is 5.93. The average Bonchev–Trinajstić information content (AvgIpc) is 3.31. The van der Waals surface area contributed by atoms with E-state index in [9.17, 15) is 9.59 Å². The van der Waals surface area contributed by atoms with Crippen LogP contribution in [0.25, 0.3) is 0 Å². The molecular weight excluding hydrogens is 374 g/mol. The maximum atomic E-state index is 12.3. The van der Waals surface area contributed by atoms with Gasteiger partial charge in [-0.15, -0.1) is 0 Å². The van der Waals surface area contributed by atoms with E-state index in [2.05, 4.69) is 45.9 Å². The lowest BCUT2D eigenvalue weighted by molar-refractivity contribution is -0.137. The molecule has 4 heteroatoms. The van der Waals surface area contributed by atoms with E-state index in [1.165, 1.54) is 22.8 Å². The minimum atomic E-state index is -0.296. The summed E-state index contributed by atoms with van der Waals surface area (Å²) in [7, 11) is 0. The molecule has 0 radical (unpaired) electrons. The van der Waals surface area contributed by atoms with E-state index in [0.29, 0.717) is 12.5 Å². The Labute approximate surface area is 181 Å². The summed E-state index contributed by atoms with van der Waals surface area (Å²) in [6, 6.07) is 4.57. The molecule has 3 rings (SSSR count). The number of fused-ring (bicyclic) bond motifs is 1. The smallest absolute Gasteiger partial charge is 0.330 e. The Morgan fingerprint density at radius 1 is 1.20 bits per heavy atom. The Kier molecular flexibility index (Phi) is 5.99. The summed E-state index contributed by atoms with van der Waals surface area (Å²) in [5.74, 6) is 0.233. The van der Waals surface area contributed by atoms with Crippen LogP contribution >= 0.6 is 0 Å². The van der Waals surface area contributed by atoms with Gasteiger partial charge in [0.2, 0.25) is 5.91 Å². The number of nitrogens with zero attached hydrogens (tertiary/aromatic N) is 1. The second-order valence-electron chi connectivity index (χ2n) is 9.72. The molecule has 0 N–H and O–H groups in total. The number of ether oxygens (including phenoxy) is 1. The monoisotopic (exact) mass is 409 g/mol. The first-order valence-electron chi connectivity index (χ1n) is 11.0. The molecule has 1 heterocycles. The van der Waals surface area contributed by atoms with E-state index < -0.39 is 0 Å². The third kappa shape index (κ3) is 4.23. The Morgan fingerprint density at radius 2 is 1.90 bits per heavy atom. The second kappa shape index (κ2) is 8.05. The topological polar surface area (TPSA) is 46.6 Å². The molecule has 1 saturated carbocycles. The quantitative estimate of drug-likeness (QED) is 0.373. The summed E-state index contributed by atoms with van der Waals surface area (Å²) < 4.78 is 4.98. The van der Waals surface area contributed by atoms with Crippen molar-refractivity contribution >= 4 is 17.6 Å². The van der Waals surface area contributed by atoms with E-state index in [-0.39, 0.29) is 22.7 Å². The standard InChI is InChI=1S/C26H35NO3/c1-8-30-24(29)13-17(2)9-10-20-16-26(20,7)21-15-23-22(14-18(21)3)25(5,6)11-12-27(23)19(4)28/h9-10,13-15,20H,8,11-12,16H2,1-7H3/b10-9+,17-13+/t20?,26-/m0/s1. The largest absolute Gasteiger partial charge is 0.463 e. The zero-order chi connectivity index (χ0) is 22.3. The number of hydrogen-bond acceptors (Lipinski definition) is 3. The van der Waals surface area contributed by atoms with Gasteiger partial charge in [0.05, 0.1) is 6.61 Å². The van der Waals surface area contributed by atoms with Crippen molar-refractivity contribution in [1.82, 2.24) is 0 Å². The number of allylic oxidation sites excluding steroid dienone is 3. The molecule has 30 heavy (non-hydrogen) atoms. The van der Waals surface area contributed by atoms with Crippen LogP contribution in [-0.2, 0) is 25.2 Å². The number of aryl methyl sites for hydroxylation is 1. The number of amides is 1. The van der Waals surface area contributed by atoms with Crippen molar-refractivity contribution in [3.05, 3.63) is 52.6 Å². The molecule has 162 valence electrons. The Hall–Kier alpha value is -2.36. The van der Waals surface area contributed by atoms with Crippen LogP contribution in [0.4, 0.5) is 5.69 Å². The molecular formula is C26H35NO3. The number of carbonyl (C=O) groups is 2. The molecule has 0 aromatic heterocycles. The van der Waals surface area contributed by atoms with Crippen molar-refractivity contribution in [2.75, 3.05) is 18.1 Å². The SMILES string of the molecule is CCOC(=O)/C=C(C)/C=C/C1C[C@]1(C)c1cc2c(cc1C)C(C)(C)CCN2C(C)=O. The summed E-state index contributed by atoms with van der Waals surface area (Å²) in [6.45, 7) is 15.6. The molecule has 0 saturated heterocycles. The molecule has 0 spiro atoms. The van der Waals surface area contributed by atoms with E-state index >= 15 is 0 Å². The lowest BCUT2D eigenvalue weighted by Crippen LogP contribution is -2.40. The fourth-order valence-electron chi connectivity index (χ4n) is 4.72. The first-order valence-corrected chi connectivity index (χ1v) is 11.0. The number of rotatable bonds is 5. The Morgan fingerprint density at radius 3 is 2.53 bits per heavy atom. The molecule has 2 atom stereocenters. The van der Waals surface area contributed by atoms with Crippen LogP contribution in [0.3, 0.4) is 0 Å². The van der Waals surface area contributed by atoms with Crippen LogP contribution in [-0.4, -0.2) is 25.0 Å². The van der Waals surface area contributed by atoms with Gasteiger partial charge < -0.3 is 9.64 Å². The minimum absolute atomic E-state index is 0.0594. The maximum Gasteiger partial charge on any atom is 0.330 e. The fourth-order valence-corrected chi connectivity index (χ4v) is 4.72. The molecule has 1 amide bonds. The zero-order valence-corrected chi connectivity index (χ0v) is 19.5. The van der Waals surface area contributed by atoms with Crippen LogP contribution < -0.4 is 4.90 Å². The van der Waals surface area contributed by atoms with Gasteiger partial charge in [-0.3, -0.25) is 4.79 Å². The summed E-state index contributed by atoms with van der Waals surface area (Å²) in [4.78, 5) is 25.8. The molecule has 0 bridgehead atoms. The van der Waals surface area contributed by atoms with Crippen LogP contribution in [0, 0.1) is 12.8 Å². The van der Waals surface area contributed by atoms with E-state index in [0.717, 1.165) is 30.6 Å². The molecule has 1 aliphatic heterocycles. The van der Waals surface area contributed by atoms with Crippen LogP contribution in [0.2, 0.25) is 0 Å². The number of benzene rings is 1. The first-order chi connectivity index (χ1) is 14.0. The number of anilines is 1. The lowest BCUT2D eigenvalue weighted by atomic mass is 9.75. The van der Waals surface area contributed by atoms with Crippen LogP contribution in [0.15, 0.2) is 35.9 Å². The minimum Gasteiger partial charge on any atom is -0.463 e. The molecule has 1 aromatic rings. The van der Waals surface area contributed by atoms with Gasteiger partial charge in [0.15, 0.2) is 0 Å². The predicted octanol–water partition coefficient (Wildman–Crippen LogP) is 5.37. The summed E-state index contributed by atoms with van der Waals surface area (Å²) in [6.07, 6.45) is 7.81. The normalized spacial score (nSPS) is 25.2. The van der Waals surface area contributed by atoms with Crippen molar-refractivity contribution in [1.29, 1.82) is 0 Å².